The third kappa shape index (κ3) is 5.98. The van der Waals surface area contributed by atoms with E-state index in [0.29, 0.717) is 23.7 Å². The van der Waals surface area contributed by atoms with E-state index in [1.54, 1.807) is 24.3 Å². The molecule has 0 fully saturated rings. The number of carbonyl (C=O) groups is 1. The fraction of sp³-hybridized carbons (Fsp3) is 0.107. The van der Waals surface area contributed by atoms with Gasteiger partial charge in [0.15, 0.2) is 5.76 Å². The van der Waals surface area contributed by atoms with Crippen molar-refractivity contribution in [3.05, 3.63) is 124 Å². The smallest absolute Gasteiger partial charge is 0.291 e. The van der Waals surface area contributed by atoms with Crippen molar-refractivity contribution in [1.82, 2.24) is 0 Å². The molecule has 36 heavy (non-hydrogen) atoms. The van der Waals surface area contributed by atoms with Gasteiger partial charge in [-0.2, -0.15) is 0 Å². The Morgan fingerprint density at radius 2 is 1.81 bits per heavy atom. The first kappa shape index (κ1) is 24.3. The number of hydrogen-bond donors (Lipinski definition) is 1. The Bertz CT molecular complexity index is 1410. The molecule has 8 heteroatoms. The van der Waals surface area contributed by atoms with Crippen LogP contribution in [0, 0.1) is 17.0 Å². The zero-order chi connectivity index (χ0) is 25.5. The van der Waals surface area contributed by atoms with E-state index in [1.165, 1.54) is 24.3 Å². The Kier molecular flexibility index (Phi) is 7.45. The molecule has 0 unspecified atom stereocenters. The molecule has 0 saturated heterocycles. The van der Waals surface area contributed by atoms with Gasteiger partial charge in [0, 0.05) is 12.1 Å². The van der Waals surface area contributed by atoms with E-state index in [4.69, 9.17) is 13.9 Å². The van der Waals surface area contributed by atoms with Crippen molar-refractivity contribution in [2.24, 2.45) is 0 Å². The van der Waals surface area contributed by atoms with Crippen LogP contribution in [0.15, 0.2) is 95.9 Å². The number of nitrogens with zero attached hydrogens (tertiary/aromatic N) is 1. The fourth-order valence-corrected chi connectivity index (χ4v) is 3.51. The van der Waals surface area contributed by atoms with Crippen LogP contribution in [0.2, 0.25) is 0 Å². The monoisotopic (exact) mass is 484 g/mol. The van der Waals surface area contributed by atoms with E-state index in [9.17, 15) is 14.9 Å². The van der Waals surface area contributed by atoms with Gasteiger partial charge >= 0.3 is 0 Å². The summed E-state index contributed by atoms with van der Waals surface area (Å²) in [7, 11) is 0. The molecule has 0 bridgehead atoms. The number of nitrogens with one attached hydrogen (secondary N) is 1. The molecule has 0 saturated carbocycles. The third-order valence-electron chi connectivity index (χ3n) is 5.27. The highest BCUT2D eigenvalue weighted by atomic mass is 16.6. The molecule has 1 amide bonds. The Balaban J connectivity index is 1.47. The largest absolute Gasteiger partial charge is 0.485 e. The molecular weight excluding hydrogens is 460 g/mol. The predicted molar refractivity (Wildman–Crippen MR) is 136 cm³/mol. The molecule has 8 nitrogen and oxygen atoms in total. The number of anilines is 1. The first-order valence-corrected chi connectivity index (χ1v) is 11.2. The maximum Gasteiger partial charge on any atom is 0.291 e. The molecule has 0 radical (unpaired) electrons. The quantitative estimate of drug-likeness (QED) is 0.150. The fourth-order valence-electron chi connectivity index (χ4n) is 3.51. The number of hydrogen-bond acceptors (Lipinski definition) is 6. The minimum absolute atomic E-state index is 0.0425. The molecule has 182 valence electrons. The topological polar surface area (TPSA) is 104 Å². The van der Waals surface area contributed by atoms with Crippen LogP contribution in [-0.4, -0.2) is 10.8 Å². The Labute approximate surface area is 207 Å². The number of aryl methyl sites for hydroxylation is 1. The predicted octanol–water partition coefficient (Wildman–Crippen LogP) is 6.85. The maximum absolute atomic E-state index is 12.8. The summed E-state index contributed by atoms with van der Waals surface area (Å²) in [5.41, 5.74) is 1.84. The van der Waals surface area contributed by atoms with Gasteiger partial charge in [-0.25, -0.2) is 0 Å². The van der Waals surface area contributed by atoms with Crippen LogP contribution in [0.25, 0.3) is 0 Å². The zero-order valence-corrected chi connectivity index (χ0v) is 19.6. The third-order valence-corrected chi connectivity index (χ3v) is 5.27. The van der Waals surface area contributed by atoms with Crippen LogP contribution in [-0.2, 0) is 13.0 Å². The summed E-state index contributed by atoms with van der Waals surface area (Å²) in [4.78, 5) is 23.7. The number of carbonyl (C=O) groups excluding carboxylic acids is 1. The van der Waals surface area contributed by atoms with Crippen molar-refractivity contribution in [2.75, 3.05) is 5.32 Å². The summed E-state index contributed by atoms with van der Waals surface area (Å²) < 4.78 is 17.3. The highest BCUT2D eigenvalue weighted by molar-refractivity contribution is 6.02. The lowest BCUT2D eigenvalue weighted by atomic mass is 10.1. The van der Waals surface area contributed by atoms with E-state index in [2.05, 4.69) is 11.9 Å². The molecule has 1 N–H and O–H groups in total. The summed E-state index contributed by atoms with van der Waals surface area (Å²) in [6.07, 6.45) is 2.46. The van der Waals surface area contributed by atoms with Crippen LogP contribution in [0.3, 0.4) is 0 Å². The molecular formula is C28H24N2O6. The van der Waals surface area contributed by atoms with Crippen molar-refractivity contribution in [2.45, 2.75) is 20.0 Å². The molecule has 0 aliphatic carbocycles. The molecule has 4 rings (SSSR count). The number of nitro groups is 1. The number of non-ortho nitro benzene ring substituents is 1. The maximum atomic E-state index is 12.8. The number of ether oxygens (including phenoxy) is 2. The van der Waals surface area contributed by atoms with Crippen LogP contribution in [0.1, 0.15) is 27.4 Å². The standard InChI is InChI=1S/C28H24N2O6/c1-3-8-20-10-5-7-12-26(20)34-18-23-13-14-27(35-23)28(31)29-21-15-22(30(32)33)17-24(16-21)36-25-11-6-4-9-19(25)2/h3-7,9-17H,1,8,18H2,2H3,(H,29,31). The SMILES string of the molecule is C=CCc1ccccc1OCc1ccc(C(=O)Nc2cc(Oc3ccccc3C)cc([N+](=O)[O-])c2)o1. The first-order valence-electron chi connectivity index (χ1n) is 11.2. The van der Waals surface area contributed by atoms with E-state index in [0.717, 1.165) is 11.1 Å². The highest BCUT2D eigenvalue weighted by Gasteiger charge is 2.17. The molecule has 3 aromatic carbocycles. The average Bonchev–Trinajstić information content (AvgIpc) is 3.34. The number of para-hydroxylation sites is 2. The first-order chi connectivity index (χ1) is 17.4. The second-order valence-electron chi connectivity index (χ2n) is 7.95. The van der Waals surface area contributed by atoms with Crippen LogP contribution in [0.4, 0.5) is 11.4 Å². The van der Waals surface area contributed by atoms with Crippen molar-refractivity contribution in [1.29, 1.82) is 0 Å². The van der Waals surface area contributed by atoms with Crippen molar-refractivity contribution in [3.63, 3.8) is 0 Å². The van der Waals surface area contributed by atoms with Gasteiger partial charge in [-0.1, -0.05) is 42.5 Å². The van der Waals surface area contributed by atoms with Crippen molar-refractivity contribution in [3.8, 4) is 17.2 Å². The van der Waals surface area contributed by atoms with Gasteiger partial charge in [-0.05, 0) is 48.7 Å². The minimum atomic E-state index is -0.560. The Morgan fingerprint density at radius 1 is 1.06 bits per heavy atom. The molecule has 0 atom stereocenters. The van der Waals surface area contributed by atoms with E-state index in [1.807, 2.05) is 43.3 Å². The zero-order valence-electron chi connectivity index (χ0n) is 19.6. The van der Waals surface area contributed by atoms with Gasteiger partial charge in [-0.15, -0.1) is 6.58 Å². The van der Waals surface area contributed by atoms with Gasteiger partial charge < -0.3 is 19.2 Å². The van der Waals surface area contributed by atoms with Gasteiger partial charge in [-0.3, -0.25) is 14.9 Å². The van der Waals surface area contributed by atoms with Crippen LogP contribution < -0.4 is 14.8 Å². The second kappa shape index (κ2) is 11.1. The number of nitro benzene ring substituents is 1. The lowest BCUT2D eigenvalue weighted by Gasteiger charge is -2.10. The van der Waals surface area contributed by atoms with E-state index < -0.39 is 10.8 Å². The Hall–Kier alpha value is -4.85. The molecule has 0 aliphatic heterocycles. The number of benzene rings is 3. The van der Waals surface area contributed by atoms with Gasteiger partial charge in [0.2, 0.25) is 0 Å². The van der Waals surface area contributed by atoms with Crippen molar-refractivity contribution >= 4 is 17.3 Å². The van der Waals surface area contributed by atoms with Crippen LogP contribution >= 0.6 is 0 Å². The normalized spacial score (nSPS) is 10.5. The number of allylic oxidation sites excluding steroid dienone is 1. The summed E-state index contributed by atoms with van der Waals surface area (Å²) in [5, 5.41) is 14.1. The number of furan rings is 1. The molecule has 1 heterocycles. The van der Waals surface area contributed by atoms with E-state index in [-0.39, 0.29) is 29.5 Å². The minimum Gasteiger partial charge on any atom is -0.485 e. The van der Waals surface area contributed by atoms with Gasteiger partial charge in [0.25, 0.3) is 11.6 Å². The summed E-state index contributed by atoms with van der Waals surface area (Å²) in [5.74, 6) is 1.42. The Morgan fingerprint density at radius 3 is 2.56 bits per heavy atom. The summed E-state index contributed by atoms with van der Waals surface area (Å²) in [6, 6.07) is 22.1. The number of amides is 1. The van der Waals surface area contributed by atoms with Crippen LogP contribution in [0.5, 0.6) is 17.2 Å². The molecule has 1 aromatic heterocycles. The molecule has 0 aliphatic rings. The lowest BCUT2D eigenvalue weighted by molar-refractivity contribution is -0.384. The van der Waals surface area contributed by atoms with Gasteiger partial charge in [0.1, 0.15) is 29.6 Å². The molecule has 4 aromatic rings. The highest BCUT2D eigenvalue weighted by Crippen LogP contribution is 2.31. The van der Waals surface area contributed by atoms with Crippen molar-refractivity contribution < 1.29 is 23.6 Å². The summed E-state index contributed by atoms with van der Waals surface area (Å²) in [6.45, 7) is 5.75. The molecule has 0 spiro atoms. The second-order valence-corrected chi connectivity index (χ2v) is 7.95. The van der Waals surface area contributed by atoms with E-state index >= 15 is 0 Å². The van der Waals surface area contributed by atoms with Gasteiger partial charge in [0.05, 0.1) is 16.7 Å². The number of rotatable bonds is 10. The summed E-state index contributed by atoms with van der Waals surface area (Å²) >= 11 is 0. The average molecular weight is 485 g/mol. The lowest BCUT2D eigenvalue weighted by Crippen LogP contribution is -2.11.